The smallest absolute Gasteiger partial charge is 0.335 e. The lowest BCUT2D eigenvalue weighted by atomic mass is 10.1. The predicted octanol–water partition coefficient (Wildman–Crippen LogP) is 4.87. The molecule has 3 aromatic rings. The van der Waals surface area contributed by atoms with Crippen molar-refractivity contribution in [2.45, 2.75) is 24.4 Å². The molecule has 1 unspecified atom stereocenters. The molecule has 1 amide bonds. The second-order valence-corrected chi connectivity index (χ2v) is 8.33. The molecular formula is C23H19F2N3O3S. The summed E-state index contributed by atoms with van der Waals surface area (Å²) in [6, 6.07) is 11.6. The van der Waals surface area contributed by atoms with Crippen molar-refractivity contribution < 1.29 is 23.5 Å². The number of carbonyl (C=O) groups excluding carboxylic acids is 1. The number of halogens is 2. The number of hydrogen-bond donors (Lipinski definition) is 2. The molecule has 1 aliphatic heterocycles. The lowest BCUT2D eigenvalue weighted by Crippen LogP contribution is -2.35. The summed E-state index contributed by atoms with van der Waals surface area (Å²) in [6.07, 6.45) is 1.64. The first-order valence-corrected chi connectivity index (χ1v) is 10.8. The van der Waals surface area contributed by atoms with E-state index >= 15 is 0 Å². The maximum absolute atomic E-state index is 13.7. The lowest BCUT2D eigenvalue weighted by Gasteiger charge is -2.31. The molecule has 1 atom stereocenters. The number of benzene rings is 2. The number of nitrogens with zero attached hydrogens (tertiary/aromatic N) is 2. The monoisotopic (exact) mass is 455 g/mol. The maximum atomic E-state index is 13.7. The first-order valence-electron chi connectivity index (χ1n) is 9.79. The molecule has 0 bridgehead atoms. The number of carboxylic acids is 1. The highest BCUT2D eigenvalue weighted by Gasteiger charge is 2.29. The van der Waals surface area contributed by atoms with Crippen molar-refractivity contribution in [1.82, 2.24) is 4.98 Å². The fraction of sp³-hybridized carbons (Fsp3) is 0.174. The number of anilines is 2. The van der Waals surface area contributed by atoms with Gasteiger partial charge in [0.25, 0.3) is 0 Å². The Bertz CT molecular complexity index is 1190. The first-order chi connectivity index (χ1) is 15.3. The molecule has 0 radical (unpaired) electrons. The van der Waals surface area contributed by atoms with E-state index in [-0.39, 0.29) is 29.8 Å². The number of nitrogens with one attached hydrogen (secondary N) is 1. The third-order valence-corrected chi connectivity index (χ3v) is 6.18. The summed E-state index contributed by atoms with van der Waals surface area (Å²) in [5.74, 6) is -2.38. The molecule has 32 heavy (non-hydrogen) atoms. The van der Waals surface area contributed by atoms with Crippen LogP contribution in [0.5, 0.6) is 0 Å². The standard InChI is InChI=1S/C23H19F2N3O3S/c1-13(15-3-5-16(6-4-15)23(30)31)27-22-21-19(8-9-26-22)32-12-20(29)28(21)11-14-2-7-17(24)18(25)10-14/h2-10,13H,11-12H2,1H3,(H,26,27)(H,30,31). The van der Waals surface area contributed by atoms with Gasteiger partial charge < -0.3 is 15.3 Å². The fourth-order valence-electron chi connectivity index (χ4n) is 3.45. The van der Waals surface area contributed by atoms with Crippen molar-refractivity contribution in [2.24, 2.45) is 0 Å². The molecule has 0 fully saturated rings. The maximum Gasteiger partial charge on any atom is 0.335 e. The van der Waals surface area contributed by atoms with Gasteiger partial charge in [-0.2, -0.15) is 0 Å². The minimum atomic E-state index is -1.00. The van der Waals surface area contributed by atoms with Gasteiger partial charge in [-0.05, 0) is 48.4 Å². The van der Waals surface area contributed by atoms with E-state index in [1.54, 1.807) is 18.3 Å². The van der Waals surface area contributed by atoms with Gasteiger partial charge in [0, 0.05) is 11.1 Å². The van der Waals surface area contributed by atoms with E-state index in [1.165, 1.54) is 34.9 Å². The zero-order valence-corrected chi connectivity index (χ0v) is 17.8. The minimum absolute atomic E-state index is 0.0751. The van der Waals surface area contributed by atoms with Crippen LogP contribution in [0.15, 0.2) is 59.6 Å². The number of aromatic carboxylic acids is 1. The van der Waals surface area contributed by atoms with Crippen LogP contribution in [0, 0.1) is 11.6 Å². The van der Waals surface area contributed by atoms with Crippen LogP contribution in [0.25, 0.3) is 0 Å². The minimum Gasteiger partial charge on any atom is -0.478 e. The van der Waals surface area contributed by atoms with Gasteiger partial charge in [-0.1, -0.05) is 18.2 Å². The molecule has 2 heterocycles. The molecule has 0 spiro atoms. The van der Waals surface area contributed by atoms with Crippen molar-refractivity contribution in [3.63, 3.8) is 0 Å². The van der Waals surface area contributed by atoms with Crippen molar-refractivity contribution in [3.8, 4) is 0 Å². The highest BCUT2D eigenvalue weighted by molar-refractivity contribution is 8.00. The SMILES string of the molecule is CC(Nc1nccc2c1N(Cc1ccc(F)c(F)c1)C(=O)CS2)c1ccc(C(=O)O)cc1. The molecule has 1 aromatic heterocycles. The third kappa shape index (κ3) is 4.43. The third-order valence-electron chi connectivity index (χ3n) is 5.14. The van der Waals surface area contributed by atoms with E-state index in [4.69, 9.17) is 5.11 Å². The molecule has 2 N–H and O–H groups in total. The topological polar surface area (TPSA) is 82.5 Å². The second kappa shape index (κ2) is 8.96. The number of pyridine rings is 1. The molecule has 4 rings (SSSR count). The average molecular weight is 455 g/mol. The molecule has 1 aliphatic rings. The Hall–Kier alpha value is -3.46. The zero-order valence-electron chi connectivity index (χ0n) is 17.0. The molecule has 164 valence electrons. The van der Waals surface area contributed by atoms with Crippen LogP contribution >= 0.6 is 11.8 Å². The van der Waals surface area contributed by atoms with E-state index in [2.05, 4.69) is 10.3 Å². The van der Waals surface area contributed by atoms with Gasteiger partial charge in [-0.3, -0.25) is 4.79 Å². The molecule has 0 aliphatic carbocycles. The van der Waals surface area contributed by atoms with Crippen LogP contribution in [0.1, 0.15) is 34.5 Å². The van der Waals surface area contributed by atoms with Gasteiger partial charge in [0.1, 0.15) is 5.69 Å². The van der Waals surface area contributed by atoms with Crippen LogP contribution in [0.2, 0.25) is 0 Å². The van der Waals surface area contributed by atoms with E-state index in [1.807, 2.05) is 13.0 Å². The molecule has 2 aromatic carbocycles. The van der Waals surface area contributed by atoms with Gasteiger partial charge >= 0.3 is 5.97 Å². The summed E-state index contributed by atoms with van der Waals surface area (Å²) in [4.78, 5) is 30.6. The van der Waals surface area contributed by atoms with Crippen molar-refractivity contribution in [3.05, 3.63) is 83.1 Å². The number of carboxylic acid groups (broad SMARTS) is 1. The number of carbonyl (C=O) groups is 2. The first kappa shape index (κ1) is 21.8. The quantitative estimate of drug-likeness (QED) is 0.552. The Morgan fingerprint density at radius 2 is 1.94 bits per heavy atom. The number of thioether (sulfide) groups is 1. The Balaban J connectivity index is 1.64. The van der Waals surface area contributed by atoms with E-state index in [9.17, 15) is 18.4 Å². The lowest BCUT2D eigenvalue weighted by molar-refractivity contribution is -0.116. The molecular weight excluding hydrogens is 436 g/mol. The van der Waals surface area contributed by atoms with Crippen LogP contribution < -0.4 is 10.2 Å². The molecule has 0 saturated heterocycles. The average Bonchev–Trinajstić information content (AvgIpc) is 2.78. The second-order valence-electron chi connectivity index (χ2n) is 7.32. The van der Waals surface area contributed by atoms with Gasteiger partial charge in [-0.25, -0.2) is 18.6 Å². The largest absolute Gasteiger partial charge is 0.478 e. The van der Waals surface area contributed by atoms with Crippen molar-refractivity contribution in [2.75, 3.05) is 16.0 Å². The normalized spacial score (nSPS) is 14.1. The number of fused-ring (bicyclic) bond motifs is 1. The predicted molar refractivity (Wildman–Crippen MR) is 118 cm³/mol. The number of amides is 1. The summed E-state index contributed by atoms with van der Waals surface area (Å²) in [7, 11) is 0. The summed E-state index contributed by atoms with van der Waals surface area (Å²) in [5, 5.41) is 12.4. The Labute approximate surface area is 187 Å². The van der Waals surface area contributed by atoms with Crippen LogP contribution in [-0.4, -0.2) is 27.7 Å². The van der Waals surface area contributed by atoms with Crippen molar-refractivity contribution >= 4 is 35.1 Å². The van der Waals surface area contributed by atoms with Gasteiger partial charge in [0.05, 0.1) is 23.9 Å². The Morgan fingerprint density at radius 1 is 1.19 bits per heavy atom. The number of aromatic nitrogens is 1. The summed E-state index contributed by atoms with van der Waals surface area (Å²) in [5.41, 5.74) is 2.07. The summed E-state index contributed by atoms with van der Waals surface area (Å²) in [6.45, 7) is 1.97. The van der Waals surface area contributed by atoms with Crippen LogP contribution in [0.4, 0.5) is 20.3 Å². The van der Waals surface area contributed by atoms with Crippen LogP contribution in [-0.2, 0) is 11.3 Å². The van der Waals surface area contributed by atoms with E-state index < -0.39 is 17.6 Å². The van der Waals surface area contributed by atoms with E-state index in [0.29, 0.717) is 17.1 Å². The van der Waals surface area contributed by atoms with E-state index in [0.717, 1.165) is 22.6 Å². The summed E-state index contributed by atoms with van der Waals surface area (Å²) < 4.78 is 27.0. The van der Waals surface area contributed by atoms with Gasteiger partial charge in [0.2, 0.25) is 5.91 Å². The highest BCUT2D eigenvalue weighted by atomic mass is 32.2. The van der Waals surface area contributed by atoms with Gasteiger partial charge in [-0.15, -0.1) is 11.8 Å². The highest BCUT2D eigenvalue weighted by Crippen LogP contribution is 2.41. The van der Waals surface area contributed by atoms with Crippen LogP contribution in [0.3, 0.4) is 0 Å². The number of rotatable bonds is 6. The molecule has 0 saturated carbocycles. The summed E-state index contributed by atoms with van der Waals surface area (Å²) >= 11 is 1.39. The number of hydrogen-bond acceptors (Lipinski definition) is 5. The van der Waals surface area contributed by atoms with Crippen molar-refractivity contribution in [1.29, 1.82) is 0 Å². The molecule has 6 nitrogen and oxygen atoms in total. The Morgan fingerprint density at radius 3 is 2.62 bits per heavy atom. The van der Waals surface area contributed by atoms with Gasteiger partial charge in [0.15, 0.2) is 17.5 Å². The molecule has 9 heteroatoms. The Kier molecular flexibility index (Phi) is 6.09. The fourth-order valence-corrected chi connectivity index (χ4v) is 4.39. The zero-order chi connectivity index (χ0) is 22.8.